The van der Waals surface area contributed by atoms with Crippen LogP contribution in [-0.4, -0.2) is 20.1 Å². The van der Waals surface area contributed by atoms with E-state index in [-0.39, 0.29) is 5.91 Å². The molecule has 6 heteroatoms. The molecule has 0 heterocycles. The third-order valence-electron chi connectivity index (χ3n) is 3.05. The highest BCUT2D eigenvalue weighted by Gasteiger charge is 2.11. The fraction of sp³-hybridized carbons (Fsp3) is 0.118. The summed E-state index contributed by atoms with van der Waals surface area (Å²) in [6, 6.07) is 10.4. The molecule has 0 saturated carbocycles. The molecule has 120 valence electrons. The molecular weight excluding hydrogens is 337 g/mol. The number of nitrogens with one attached hydrogen (secondary N) is 1. The van der Waals surface area contributed by atoms with Gasteiger partial charge in [-0.25, -0.2) is 0 Å². The van der Waals surface area contributed by atoms with Crippen molar-refractivity contribution in [3.05, 3.63) is 58.1 Å². The summed E-state index contributed by atoms with van der Waals surface area (Å²) in [5.41, 5.74) is 1.22. The van der Waals surface area contributed by atoms with Crippen LogP contribution >= 0.6 is 23.2 Å². The summed E-state index contributed by atoms with van der Waals surface area (Å²) in [6.07, 6.45) is 3.03. The average Bonchev–Trinajstić information content (AvgIpc) is 2.55. The predicted octanol–water partition coefficient (Wildman–Crippen LogP) is 4.66. The SMILES string of the molecule is COc1cc(NC(=O)/C=C\c2ccccc2Cl)c(OC)cc1Cl. The van der Waals surface area contributed by atoms with Crippen molar-refractivity contribution in [1.29, 1.82) is 0 Å². The Morgan fingerprint density at radius 1 is 1.04 bits per heavy atom. The first-order valence-corrected chi connectivity index (χ1v) is 7.46. The molecule has 2 aromatic carbocycles. The monoisotopic (exact) mass is 351 g/mol. The van der Waals surface area contributed by atoms with Crippen LogP contribution in [0.3, 0.4) is 0 Å². The molecule has 1 N–H and O–H groups in total. The number of carbonyl (C=O) groups excluding carboxylic acids is 1. The number of rotatable bonds is 5. The number of hydrogen-bond donors (Lipinski definition) is 1. The first kappa shape index (κ1) is 17.2. The van der Waals surface area contributed by atoms with Gasteiger partial charge in [0, 0.05) is 23.2 Å². The number of halogens is 2. The summed E-state index contributed by atoms with van der Waals surface area (Å²) in [7, 11) is 2.99. The standard InChI is InChI=1S/C17H15Cl2NO3/c1-22-15-10-14(16(23-2)9-13(15)19)20-17(21)8-7-11-5-3-4-6-12(11)18/h3-10H,1-2H3,(H,20,21)/b8-7-. The maximum atomic E-state index is 12.1. The van der Waals surface area contributed by atoms with Crippen LogP contribution in [0.4, 0.5) is 5.69 Å². The zero-order valence-corrected chi connectivity index (χ0v) is 14.1. The summed E-state index contributed by atoms with van der Waals surface area (Å²) in [6.45, 7) is 0. The average molecular weight is 352 g/mol. The largest absolute Gasteiger partial charge is 0.495 e. The highest BCUT2D eigenvalue weighted by Crippen LogP contribution is 2.35. The molecule has 1 amide bonds. The molecular formula is C17H15Cl2NO3. The Kier molecular flexibility index (Phi) is 5.90. The quantitative estimate of drug-likeness (QED) is 0.796. The van der Waals surface area contributed by atoms with E-state index in [1.54, 1.807) is 24.3 Å². The molecule has 2 aromatic rings. The number of carbonyl (C=O) groups is 1. The molecule has 2 rings (SSSR count). The molecule has 0 bridgehead atoms. The van der Waals surface area contributed by atoms with Gasteiger partial charge < -0.3 is 14.8 Å². The lowest BCUT2D eigenvalue weighted by molar-refractivity contribution is -0.111. The maximum Gasteiger partial charge on any atom is 0.248 e. The van der Waals surface area contributed by atoms with E-state index < -0.39 is 0 Å². The fourth-order valence-corrected chi connectivity index (χ4v) is 2.34. The van der Waals surface area contributed by atoms with Crippen molar-refractivity contribution in [2.45, 2.75) is 0 Å². The van der Waals surface area contributed by atoms with Crippen molar-refractivity contribution in [3.8, 4) is 11.5 Å². The lowest BCUT2D eigenvalue weighted by atomic mass is 10.2. The first-order chi connectivity index (χ1) is 11.0. The molecule has 0 radical (unpaired) electrons. The second-order valence-corrected chi connectivity index (χ2v) is 5.35. The Hall–Kier alpha value is -2.17. The minimum absolute atomic E-state index is 0.326. The highest BCUT2D eigenvalue weighted by molar-refractivity contribution is 6.32. The summed E-state index contributed by atoms with van der Waals surface area (Å²) < 4.78 is 10.3. The molecule has 0 aliphatic heterocycles. The van der Waals surface area contributed by atoms with E-state index in [9.17, 15) is 4.79 Å². The van der Waals surface area contributed by atoms with E-state index >= 15 is 0 Å². The molecule has 23 heavy (non-hydrogen) atoms. The third-order valence-corrected chi connectivity index (χ3v) is 3.69. The number of ether oxygens (including phenoxy) is 2. The number of methoxy groups -OCH3 is 2. The van der Waals surface area contributed by atoms with Crippen LogP contribution in [0.15, 0.2) is 42.5 Å². The molecule has 0 aromatic heterocycles. The van der Waals surface area contributed by atoms with Gasteiger partial charge in [0.15, 0.2) is 0 Å². The second kappa shape index (κ2) is 7.90. The van der Waals surface area contributed by atoms with Crippen LogP contribution in [0.25, 0.3) is 6.08 Å². The van der Waals surface area contributed by atoms with Gasteiger partial charge in [0.05, 0.1) is 24.9 Å². The lowest BCUT2D eigenvalue weighted by Gasteiger charge is -2.12. The van der Waals surface area contributed by atoms with E-state index in [0.29, 0.717) is 27.2 Å². The van der Waals surface area contributed by atoms with Crippen LogP contribution < -0.4 is 14.8 Å². The van der Waals surface area contributed by atoms with Gasteiger partial charge >= 0.3 is 0 Å². The Balaban J connectivity index is 2.18. The van der Waals surface area contributed by atoms with Crippen LogP contribution in [0.5, 0.6) is 11.5 Å². The van der Waals surface area contributed by atoms with E-state index in [2.05, 4.69) is 5.32 Å². The molecule has 0 spiro atoms. The third kappa shape index (κ3) is 4.41. The molecule has 0 aliphatic rings. The van der Waals surface area contributed by atoms with Crippen molar-refractivity contribution in [3.63, 3.8) is 0 Å². The van der Waals surface area contributed by atoms with Gasteiger partial charge in [0.25, 0.3) is 0 Å². The zero-order chi connectivity index (χ0) is 16.8. The van der Waals surface area contributed by atoms with Gasteiger partial charge in [0.1, 0.15) is 11.5 Å². The summed E-state index contributed by atoms with van der Waals surface area (Å²) >= 11 is 12.1. The Morgan fingerprint density at radius 2 is 1.74 bits per heavy atom. The topological polar surface area (TPSA) is 47.6 Å². The van der Waals surface area contributed by atoms with Crippen molar-refractivity contribution in [1.82, 2.24) is 0 Å². The molecule has 0 fully saturated rings. The summed E-state index contributed by atoms with van der Waals surface area (Å²) in [5, 5.41) is 3.69. The first-order valence-electron chi connectivity index (χ1n) is 6.70. The summed E-state index contributed by atoms with van der Waals surface area (Å²) in [5.74, 6) is 0.556. The Morgan fingerprint density at radius 3 is 2.39 bits per heavy atom. The van der Waals surface area contributed by atoms with E-state index in [0.717, 1.165) is 5.56 Å². The van der Waals surface area contributed by atoms with Crippen molar-refractivity contribution in [2.75, 3.05) is 19.5 Å². The van der Waals surface area contributed by atoms with E-state index in [1.165, 1.54) is 20.3 Å². The van der Waals surface area contributed by atoms with Gasteiger partial charge in [-0.05, 0) is 17.7 Å². The smallest absolute Gasteiger partial charge is 0.248 e. The minimum Gasteiger partial charge on any atom is -0.495 e. The normalized spacial score (nSPS) is 10.6. The van der Waals surface area contributed by atoms with Gasteiger partial charge in [-0.2, -0.15) is 0 Å². The van der Waals surface area contributed by atoms with Gasteiger partial charge in [-0.1, -0.05) is 41.4 Å². The van der Waals surface area contributed by atoms with Gasteiger partial charge in [0.2, 0.25) is 5.91 Å². The number of benzene rings is 2. The molecule has 0 aliphatic carbocycles. The number of amides is 1. The van der Waals surface area contributed by atoms with Crippen LogP contribution in [0.2, 0.25) is 10.0 Å². The van der Waals surface area contributed by atoms with Crippen LogP contribution in [0, 0.1) is 0 Å². The molecule has 0 unspecified atom stereocenters. The number of anilines is 1. The van der Waals surface area contributed by atoms with Crippen LogP contribution in [-0.2, 0) is 4.79 Å². The fourth-order valence-electron chi connectivity index (χ4n) is 1.91. The molecule has 4 nitrogen and oxygen atoms in total. The Bertz CT molecular complexity index is 745. The predicted molar refractivity (Wildman–Crippen MR) is 93.7 cm³/mol. The van der Waals surface area contributed by atoms with E-state index in [4.69, 9.17) is 32.7 Å². The minimum atomic E-state index is -0.326. The number of hydrogen-bond acceptors (Lipinski definition) is 3. The maximum absolute atomic E-state index is 12.1. The summed E-state index contributed by atoms with van der Waals surface area (Å²) in [4.78, 5) is 12.1. The van der Waals surface area contributed by atoms with Crippen molar-refractivity contribution in [2.24, 2.45) is 0 Å². The van der Waals surface area contributed by atoms with Gasteiger partial charge in [-0.15, -0.1) is 0 Å². The van der Waals surface area contributed by atoms with E-state index in [1.807, 2.05) is 18.2 Å². The lowest BCUT2D eigenvalue weighted by Crippen LogP contribution is -2.09. The van der Waals surface area contributed by atoms with Gasteiger partial charge in [-0.3, -0.25) is 4.79 Å². The second-order valence-electron chi connectivity index (χ2n) is 4.53. The molecule has 0 saturated heterocycles. The zero-order valence-electron chi connectivity index (χ0n) is 12.6. The van der Waals surface area contributed by atoms with Crippen molar-refractivity contribution >= 4 is 40.9 Å². The van der Waals surface area contributed by atoms with Crippen LogP contribution in [0.1, 0.15) is 5.56 Å². The molecule has 0 atom stereocenters. The Labute approximate surface area is 144 Å². The van der Waals surface area contributed by atoms with Crippen molar-refractivity contribution < 1.29 is 14.3 Å². The highest BCUT2D eigenvalue weighted by atomic mass is 35.5.